The molecular weight excluding hydrogens is 337 g/mol. The van der Waals surface area contributed by atoms with Crippen LogP contribution < -0.4 is 5.32 Å². The van der Waals surface area contributed by atoms with Crippen molar-refractivity contribution in [1.82, 2.24) is 5.32 Å². The van der Waals surface area contributed by atoms with E-state index in [0.717, 1.165) is 4.88 Å². The lowest BCUT2D eigenvalue weighted by atomic mass is 10.3. The highest BCUT2D eigenvalue weighted by molar-refractivity contribution is 8.07. The van der Waals surface area contributed by atoms with Crippen molar-refractivity contribution < 1.29 is 9.53 Å². The summed E-state index contributed by atoms with van der Waals surface area (Å²) < 4.78 is 5.16. The number of carbonyl (C=O) groups excluding carboxylic acids is 1. The predicted molar refractivity (Wildman–Crippen MR) is 78.1 cm³/mol. The molecule has 8 heteroatoms. The minimum atomic E-state index is -0.345. The topological polar surface area (TPSA) is 38.3 Å². The van der Waals surface area contributed by atoms with Gasteiger partial charge >= 0.3 is 5.97 Å². The monoisotopic (exact) mass is 345 g/mol. The second kappa shape index (κ2) is 5.77. The molecule has 1 aromatic rings. The maximum absolute atomic E-state index is 11.3. The first-order valence-corrected chi connectivity index (χ1v) is 7.97. The average molecular weight is 347 g/mol. The summed E-state index contributed by atoms with van der Waals surface area (Å²) in [5, 5.41) is 4.42. The lowest BCUT2D eigenvalue weighted by Crippen LogP contribution is -2.36. The molecule has 0 bridgehead atoms. The highest BCUT2D eigenvalue weighted by Gasteiger charge is 2.44. The SMILES string of the molecule is COC(=O)[C@H](C)NC1SC1c1sc(Cl)c(Cl)c1Cl. The summed E-state index contributed by atoms with van der Waals surface area (Å²) in [5.41, 5.74) is 0. The molecule has 1 saturated heterocycles. The Hall–Kier alpha value is 0.350. The van der Waals surface area contributed by atoms with Gasteiger partial charge in [0, 0.05) is 4.88 Å². The van der Waals surface area contributed by atoms with Gasteiger partial charge in [0.1, 0.15) is 10.4 Å². The van der Waals surface area contributed by atoms with E-state index in [2.05, 4.69) is 10.1 Å². The molecule has 1 N–H and O–H groups in total. The van der Waals surface area contributed by atoms with E-state index >= 15 is 0 Å². The van der Waals surface area contributed by atoms with Gasteiger partial charge in [0.15, 0.2) is 0 Å². The second-order valence-corrected chi connectivity index (χ2v) is 7.45. The zero-order chi connectivity index (χ0) is 13.4. The van der Waals surface area contributed by atoms with Crippen molar-refractivity contribution in [3.63, 3.8) is 0 Å². The van der Waals surface area contributed by atoms with Gasteiger partial charge < -0.3 is 4.74 Å². The maximum Gasteiger partial charge on any atom is 0.322 e. The van der Waals surface area contributed by atoms with E-state index in [9.17, 15) is 4.79 Å². The molecule has 0 aromatic carbocycles. The largest absolute Gasteiger partial charge is 0.468 e. The highest BCUT2D eigenvalue weighted by atomic mass is 35.5. The van der Waals surface area contributed by atoms with Crippen LogP contribution in [0.2, 0.25) is 14.4 Å². The van der Waals surface area contributed by atoms with Crippen molar-refractivity contribution in [2.45, 2.75) is 23.6 Å². The number of esters is 1. The Labute approximate surface area is 128 Å². The van der Waals surface area contributed by atoms with Gasteiger partial charge in [-0.25, -0.2) is 0 Å². The summed E-state index contributed by atoms with van der Waals surface area (Å²) in [6.07, 6.45) is 0. The minimum absolute atomic E-state index is 0.141. The Morgan fingerprint density at radius 3 is 2.56 bits per heavy atom. The van der Waals surface area contributed by atoms with Crippen molar-refractivity contribution in [1.29, 1.82) is 0 Å². The number of hydrogen-bond donors (Lipinski definition) is 1. The van der Waals surface area contributed by atoms with Crippen LogP contribution in [-0.2, 0) is 9.53 Å². The fraction of sp³-hybridized carbons (Fsp3) is 0.500. The van der Waals surface area contributed by atoms with Gasteiger partial charge in [0.25, 0.3) is 0 Å². The van der Waals surface area contributed by atoms with Crippen LogP contribution >= 0.6 is 57.9 Å². The Morgan fingerprint density at radius 1 is 1.39 bits per heavy atom. The smallest absolute Gasteiger partial charge is 0.322 e. The van der Waals surface area contributed by atoms with Gasteiger partial charge in [-0.15, -0.1) is 23.1 Å². The number of hydrogen-bond acceptors (Lipinski definition) is 5. The molecule has 2 unspecified atom stereocenters. The number of halogens is 3. The highest BCUT2D eigenvalue weighted by Crippen LogP contribution is 2.59. The maximum atomic E-state index is 11.3. The second-order valence-electron chi connectivity index (χ2n) is 3.76. The van der Waals surface area contributed by atoms with Crippen molar-refractivity contribution in [2.24, 2.45) is 0 Å². The van der Waals surface area contributed by atoms with Crippen molar-refractivity contribution in [3.8, 4) is 0 Å². The van der Waals surface area contributed by atoms with Gasteiger partial charge in [-0.2, -0.15) is 0 Å². The van der Waals surface area contributed by atoms with Crippen molar-refractivity contribution in [3.05, 3.63) is 19.3 Å². The van der Waals surface area contributed by atoms with E-state index in [4.69, 9.17) is 34.8 Å². The molecule has 1 aliphatic heterocycles. The minimum Gasteiger partial charge on any atom is -0.468 e. The molecule has 100 valence electrons. The molecule has 0 amide bonds. The van der Waals surface area contributed by atoms with Crippen molar-refractivity contribution in [2.75, 3.05) is 7.11 Å². The van der Waals surface area contributed by atoms with Gasteiger partial charge in [-0.3, -0.25) is 10.1 Å². The molecule has 1 fully saturated rings. The molecule has 0 spiro atoms. The third kappa shape index (κ3) is 2.92. The number of methoxy groups -OCH3 is 1. The molecule has 18 heavy (non-hydrogen) atoms. The van der Waals surface area contributed by atoms with E-state index in [1.54, 1.807) is 18.7 Å². The Bertz CT molecular complexity index is 480. The number of thioether (sulfide) groups is 1. The molecule has 0 radical (unpaired) electrons. The fourth-order valence-corrected chi connectivity index (χ4v) is 4.80. The molecule has 3 atom stereocenters. The quantitative estimate of drug-likeness (QED) is 0.661. The molecule has 3 nitrogen and oxygen atoms in total. The van der Waals surface area contributed by atoms with E-state index < -0.39 is 0 Å². The summed E-state index contributed by atoms with van der Waals surface area (Å²) in [4.78, 5) is 12.2. The Balaban J connectivity index is 1.99. The van der Waals surface area contributed by atoms with Gasteiger partial charge in [-0.1, -0.05) is 34.8 Å². The Morgan fingerprint density at radius 2 is 2.06 bits per heavy atom. The molecule has 0 aliphatic carbocycles. The van der Waals surface area contributed by atoms with Gasteiger partial charge in [0.05, 0.1) is 27.8 Å². The first-order chi connectivity index (χ1) is 8.45. The van der Waals surface area contributed by atoms with Crippen LogP contribution in [0.1, 0.15) is 17.1 Å². The molecule has 2 heterocycles. The van der Waals surface area contributed by atoms with Gasteiger partial charge in [0.2, 0.25) is 0 Å². The van der Waals surface area contributed by atoms with Crippen LogP contribution in [0.15, 0.2) is 0 Å². The molecule has 1 aliphatic rings. The number of thiophene rings is 1. The third-order valence-electron chi connectivity index (χ3n) is 2.50. The van der Waals surface area contributed by atoms with Crippen LogP contribution in [0, 0.1) is 0 Å². The lowest BCUT2D eigenvalue weighted by molar-refractivity contribution is -0.142. The standard InChI is InChI=1S/C10H10Cl3NO2S2/c1-3(10(15)16-2)14-9-7(18-9)6-4(11)5(12)8(13)17-6/h3,7,9,14H,1-2H3/t3-,7?,9?/m0/s1. The zero-order valence-electron chi connectivity index (χ0n) is 9.50. The number of ether oxygens (including phenoxy) is 1. The summed E-state index contributed by atoms with van der Waals surface area (Å²) in [7, 11) is 1.37. The van der Waals surface area contributed by atoms with E-state index in [0.29, 0.717) is 14.4 Å². The summed E-state index contributed by atoms with van der Waals surface area (Å²) >= 11 is 21.0. The molecule has 1 aromatic heterocycles. The first kappa shape index (κ1) is 14.8. The summed E-state index contributed by atoms with van der Waals surface area (Å²) in [6, 6.07) is -0.345. The number of nitrogens with one attached hydrogen (secondary N) is 1. The summed E-state index contributed by atoms with van der Waals surface area (Å²) in [6.45, 7) is 1.76. The van der Waals surface area contributed by atoms with Crippen LogP contribution in [0.3, 0.4) is 0 Å². The molecular formula is C10H10Cl3NO2S2. The van der Waals surface area contributed by atoms with Gasteiger partial charge in [-0.05, 0) is 6.92 Å². The van der Waals surface area contributed by atoms with E-state index in [-0.39, 0.29) is 22.6 Å². The summed E-state index contributed by atoms with van der Waals surface area (Å²) in [5.74, 6) is -0.283. The number of carbonyl (C=O) groups is 1. The van der Waals surface area contributed by atoms with Crippen LogP contribution in [0.4, 0.5) is 0 Å². The normalized spacial score (nSPS) is 23.8. The Kier molecular flexibility index (Phi) is 4.73. The zero-order valence-corrected chi connectivity index (χ0v) is 13.4. The average Bonchev–Trinajstić information content (AvgIpc) is 3.06. The van der Waals surface area contributed by atoms with E-state index in [1.807, 2.05) is 0 Å². The predicted octanol–water partition coefficient (Wildman–Crippen LogP) is 3.97. The van der Waals surface area contributed by atoms with Crippen LogP contribution in [-0.4, -0.2) is 24.5 Å². The van der Waals surface area contributed by atoms with Crippen molar-refractivity contribution >= 4 is 63.9 Å². The first-order valence-electron chi connectivity index (χ1n) is 5.08. The third-order valence-corrected chi connectivity index (χ3v) is 6.51. The van der Waals surface area contributed by atoms with Crippen LogP contribution in [0.25, 0.3) is 0 Å². The number of rotatable bonds is 4. The fourth-order valence-electron chi connectivity index (χ4n) is 1.49. The molecule has 0 saturated carbocycles. The lowest BCUT2D eigenvalue weighted by Gasteiger charge is -2.09. The van der Waals surface area contributed by atoms with Crippen LogP contribution in [0.5, 0.6) is 0 Å². The molecule has 2 rings (SSSR count). The van der Waals surface area contributed by atoms with E-state index in [1.165, 1.54) is 18.4 Å².